The summed E-state index contributed by atoms with van der Waals surface area (Å²) in [4.78, 5) is 11.4. The van der Waals surface area contributed by atoms with E-state index in [2.05, 4.69) is 4.68 Å². The number of esters is 1. The minimum absolute atomic E-state index is 0.322. The number of benzene rings is 2. The fraction of sp³-hybridized carbons (Fsp3) is 0.150. The van der Waals surface area contributed by atoms with Gasteiger partial charge >= 0.3 is 5.97 Å². The van der Waals surface area contributed by atoms with Crippen molar-refractivity contribution in [3.05, 3.63) is 72.4 Å². The van der Waals surface area contributed by atoms with Gasteiger partial charge in [-0.1, -0.05) is 48.5 Å². The molecule has 4 heteroatoms. The Morgan fingerprint density at radius 2 is 1.58 bits per heavy atom. The van der Waals surface area contributed by atoms with Gasteiger partial charge in [0.25, 0.3) is 0 Å². The molecular formula is C20H20N2O2. The van der Waals surface area contributed by atoms with E-state index in [1.807, 2.05) is 85.7 Å². The van der Waals surface area contributed by atoms with E-state index >= 15 is 0 Å². The van der Waals surface area contributed by atoms with Gasteiger partial charge in [-0.25, -0.2) is 0 Å². The molecule has 0 amide bonds. The maximum Gasteiger partial charge on any atom is 0.308 e. The van der Waals surface area contributed by atoms with Crippen LogP contribution in [0, 0.1) is 6.92 Å². The van der Waals surface area contributed by atoms with Gasteiger partial charge in [0.15, 0.2) is 5.75 Å². The fourth-order valence-electron chi connectivity index (χ4n) is 2.79. The molecule has 3 rings (SSSR count). The third-order valence-electron chi connectivity index (χ3n) is 3.92. The average Bonchev–Trinajstić information content (AvgIpc) is 2.92. The largest absolute Gasteiger partial charge is 0.425 e. The summed E-state index contributed by atoms with van der Waals surface area (Å²) in [5, 5.41) is 2.05. The Morgan fingerprint density at radius 3 is 2.17 bits per heavy atom. The predicted molar refractivity (Wildman–Crippen MR) is 96.2 cm³/mol. The maximum atomic E-state index is 11.4. The molecule has 24 heavy (non-hydrogen) atoms. The van der Waals surface area contributed by atoms with Gasteiger partial charge < -0.3 is 4.74 Å². The zero-order valence-corrected chi connectivity index (χ0v) is 14.1. The van der Waals surface area contributed by atoms with E-state index in [0.29, 0.717) is 5.75 Å². The molecule has 122 valence electrons. The van der Waals surface area contributed by atoms with Gasteiger partial charge in [0.05, 0.1) is 17.1 Å². The molecule has 3 aromatic rings. The number of nitrogens with zero attached hydrogens (tertiary/aromatic N) is 2. The molecule has 1 aromatic heterocycles. The second kappa shape index (κ2) is 6.62. The SMILES string of the molecule is CC(=O)Oc1cc(-c2ccccc2)n(N(C)c2ccccc2)c1C. The average molecular weight is 320 g/mol. The molecule has 1 heterocycles. The fourth-order valence-corrected chi connectivity index (χ4v) is 2.79. The van der Waals surface area contributed by atoms with Gasteiger partial charge in [0.1, 0.15) is 0 Å². The Morgan fingerprint density at radius 1 is 1.00 bits per heavy atom. The lowest BCUT2D eigenvalue weighted by Gasteiger charge is -2.25. The number of para-hydroxylation sites is 1. The van der Waals surface area contributed by atoms with E-state index in [1.54, 1.807) is 0 Å². The van der Waals surface area contributed by atoms with Crippen molar-refractivity contribution in [1.29, 1.82) is 0 Å². The van der Waals surface area contributed by atoms with E-state index in [-0.39, 0.29) is 5.97 Å². The second-order valence-electron chi connectivity index (χ2n) is 5.61. The highest BCUT2D eigenvalue weighted by Crippen LogP contribution is 2.32. The molecule has 0 aliphatic carbocycles. The number of hydrogen-bond acceptors (Lipinski definition) is 3. The number of rotatable bonds is 4. The van der Waals surface area contributed by atoms with Crippen molar-refractivity contribution in [2.75, 3.05) is 12.1 Å². The molecule has 4 nitrogen and oxygen atoms in total. The summed E-state index contributed by atoms with van der Waals surface area (Å²) >= 11 is 0. The van der Waals surface area contributed by atoms with Gasteiger partial charge in [-0.2, -0.15) is 0 Å². The van der Waals surface area contributed by atoms with Gasteiger partial charge in [0, 0.05) is 25.6 Å². The molecule has 0 radical (unpaired) electrons. The maximum absolute atomic E-state index is 11.4. The van der Waals surface area contributed by atoms with Crippen molar-refractivity contribution >= 4 is 11.7 Å². The molecule has 0 unspecified atom stereocenters. The van der Waals surface area contributed by atoms with Gasteiger partial charge in [0.2, 0.25) is 0 Å². The number of aromatic nitrogens is 1. The standard InChI is InChI=1S/C20H20N2O2/c1-15-20(24-16(2)23)14-19(17-10-6-4-7-11-17)22(15)21(3)18-12-8-5-9-13-18/h4-14H,1-3H3. The lowest BCUT2D eigenvalue weighted by Crippen LogP contribution is -2.26. The highest BCUT2D eigenvalue weighted by molar-refractivity contribution is 5.72. The molecule has 2 aromatic carbocycles. The molecule has 0 fully saturated rings. The van der Waals surface area contributed by atoms with Gasteiger partial charge in [-0.15, -0.1) is 0 Å². The third-order valence-corrected chi connectivity index (χ3v) is 3.92. The van der Waals surface area contributed by atoms with Crippen LogP contribution in [0.5, 0.6) is 5.75 Å². The first-order valence-electron chi connectivity index (χ1n) is 7.83. The van der Waals surface area contributed by atoms with E-state index in [1.165, 1.54) is 6.92 Å². The first-order chi connectivity index (χ1) is 11.6. The van der Waals surface area contributed by atoms with Crippen LogP contribution in [0.4, 0.5) is 5.69 Å². The second-order valence-corrected chi connectivity index (χ2v) is 5.61. The van der Waals surface area contributed by atoms with Crippen LogP contribution >= 0.6 is 0 Å². The van der Waals surface area contributed by atoms with Crippen LogP contribution in [0.15, 0.2) is 66.7 Å². The number of anilines is 1. The summed E-state index contributed by atoms with van der Waals surface area (Å²) in [6.45, 7) is 3.37. The van der Waals surface area contributed by atoms with Crippen LogP contribution in [0.3, 0.4) is 0 Å². The van der Waals surface area contributed by atoms with Crippen molar-refractivity contribution in [2.45, 2.75) is 13.8 Å². The smallest absolute Gasteiger partial charge is 0.308 e. The van der Waals surface area contributed by atoms with Crippen LogP contribution < -0.4 is 9.75 Å². The summed E-state index contributed by atoms with van der Waals surface area (Å²) in [5.41, 5.74) is 3.94. The number of ether oxygens (including phenoxy) is 1. The normalized spacial score (nSPS) is 10.5. The summed E-state index contributed by atoms with van der Waals surface area (Å²) in [7, 11) is 1.99. The number of hydrogen-bond donors (Lipinski definition) is 0. The Balaban J connectivity index is 2.15. The van der Waals surface area contributed by atoms with Gasteiger partial charge in [-0.3, -0.25) is 14.5 Å². The molecule has 0 N–H and O–H groups in total. The van der Waals surface area contributed by atoms with Crippen molar-refractivity contribution < 1.29 is 9.53 Å². The zero-order chi connectivity index (χ0) is 17.1. The predicted octanol–water partition coefficient (Wildman–Crippen LogP) is 4.29. The first kappa shape index (κ1) is 15.9. The molecule has 0 aliphatic heterocycles. The topological polar surface area (TPSA) is 34.5 Å². The lowest BCUT2D eigenvalue weighted by atomic mass is 10.1. The molecule has 0 spiro atoms. The van der Waals surface area contributed by atoms with E-state index < -0.39 is 0 Å². The third kappa shape index (κ3) is 3.04. The highest BCUT2D eigenvalue weighted by Gasteiger charge is 2.19. The highest BCUT2D eigenvalue weighted by atomic mass is 16.5. The van der Waals surface area contributed by atoms with E-state index in [0.717, 1.165) is 22.6 Å². The van der Waals surface area contributed by atoms with E-state index in [4.69, 9.17) is 4.74 Å². The summed E-state index contributed by atoms with van der Waals surface area (Å²) in [5.74, 6) is 0.251. The van der Waals surface area contributed by atoms with Crippen LogP contribution in [0.1, 0.15) is 12.6 Å². The molecule has 0 aliphatic rings. The van der Waals surface area contributed by atoms with Crippen molar-refractivity contribution in [2.24, 2.45) is 0 Å². The molecule has 0 saturated heterocycles. The molecule has 0 atom stereocenters. The van der Waals surface area contributed by atoms with Crippen LogP contribution in [-0.4, -0.2) is 17.7 Å². The number of carbonyl (C=O) groups excluding carboxylic acids is 1. The zero-order valence-electron chi connectivity index (χ0n) is 14.1. The van der Waals surface area contributed by atoms with Crippen molar-refractivity contribution in [3.63, 3.8) is 0 Å². The Bertz CT molecular complexity index is 839. The Hall–Kier alpha value is -3.01. The Kier molecular flexibility index (Phi) is 4.38. The first-order valence-corrected chi connectivity index (χ1v) is 7.83. The van der Waals surface area contributed by atoms with Crippen molar-refractivity contribution in [3.8, 4) is 17.0 Å². The lowest BCUT2D eigenvalue weighted by molar-refractivity contribution is -0.131. The summed E-state index contributed by atoms with van der Waals surface area (Å²) in [6.07, 6.45) is 0. The molecule has 0 bridgehead atoms. The van der Waals surface area contributed by atoms with Crippen molar-refractivity contribution in [1.82, 2.24) is 4.68 Å². The minimum Gasteiger partial charge on any atom is -0.425 e. The Labute approximate surface area is 141 Å². The summed E-state index contributed by atoms with van der Waals surface area (Å²) in [6, 6.07) is 22.0. The molecule has 0 saturated carbocycles. The quantitative estimate of drug-likeness (QED) is 0.673. The van der Waals surface area contributed by atoms with Gasteiger partial charge in [-0.05, 0) is 19.1 Å². The van der Waals surface area contributed by atoms with E-state index in [9.17, 15) is 4.79 Å². The minimum atomic E-state index is -0.322. The van der Waals surface area contributed by atoms with Crippen LogP contribution in [-0.2, 0) is 4.79 Å². The van der Waals surface area contributed by atoms with Crippen LogP contribution in [0.2, 0.25) is 0 Å². The summed E-state index contributed by atoms with van der Waals surface area (Å²) < 4.78 is 7.45. The number of carbonyl (C=O) groups is 1. The monoisotopic (exact) mass is 320 g/mol. The molecular weight excluding hydrogens is 300 g/mol. The van der Waals surface area contributed by atoms with Crippen LogP contribution in [0.25, 0.3) is 11.3 Å².